The first-order valence-corrected chi connectivity index (χ1v) is 12.8. The number of aryl methyl sites for hydroxylation is 2. The van der Waals surface area contributed by atoms with Crippen LogP contribution < -0.4 is 10.6 Å². The van der Waals surface area contributed by atoms with Gasteiger partial charge in [0.1, 0.15) is 0 Å². The summed E-state index contributed by atoms with van der Waals surface area (Å²) in [6.45, 7) is 0.837. The van der Waals surface area contributed by atoms with E-state index in [1.54, 1.807) is 36.4 Å². The van der Waals surface area contributed by atoms with Crippen molar-refractivity contribution in [2.45, 2.75) is 36.6 Å². The van der Waals surface area contributed by atoms with E-state index in [0.29, 0.717) is 18.4 Å². The van der Waals surface area contributed by atoms with Crippen LogP contribution in [0.1, 0.15) is 34.3 Å². The highest BCUT2D eigenvalue weighted by molar-refractivity contribution is 7.94. The van der Waals surface area contributed by atoms with Crippen molar-refractivity contribution in [2.24, 2.45) is 0 Å². The van der Waals surface area contributed by atoms with E-state index in [1.807, 2.05) is 48.5 Å². The van der Waals surface area contributed by atoms with Crippen LogP contribution in [0.2, 0.25) is 0 Å². The molecule has 1 atom stereocenters. The summed E-state index contributed by atoms with van der Waals surface area (Å²) in [5, 5.41) is 7.60. The van der Waals surface area contributed by atoms with Gasteiger partial charge in [0.05, 0.1) is 16.1 Å². The first-order valence-electron chi connectivity index (χ1n) is 11.2. The molecular weight excluding hydrogens is 432 g/mol. The molecule has 1 aliphatic rings. The van der Waals surface area contributed by atoms with Gasteiger partial charge < -0.3 is 10.6 Å². The van der Waals surface area contributed by atoms with Gasteiger partial charge in [-0.1, -0.05) is 66.7 Å². The molecule has 3 aromatic carbocycles. The Morgan fingerprint density at radius 2 is 1.70 bits per heavy atom. The molecule has 0 radical (unpaired) electrons. The summed E-state index contributed by atoms with van der Waals surface area (Å²) in [4.78, 5) is 13.4. The molecular formula is C27H28N2O3S. The zero-order valence-electron chi connectivity index (χ0n) is 18.4. The first kappa shape index (κ1) is 22.8. The number of sulfone groups is 1. The zero-order valence-corrected chi connectivity index (χ0v) is 19.2. The van der Waals surface area contributed by atoms with Crippen molar-refractivity contribution in [2.75, 3.05) is 11.9 Å². The van der Waals surface area contributed by atoms with Gasteiger partial charge in [0.15, 0.2) is 9.84 Å². The topological polar surface area (TPSA) is 75.3 Å². The Morgan fingerprint density at radius 1 is 0.970 bits per heavy atom. The maximum Gasteiger partial charge on any atom is 0.253 e. The number of anilines is 1. The normalized spacial score (nSPS) is 14.3. The predicted molar refractivity (Wildman–Crippen MR) is 132 cm³/mol. The molecule has 1 heterocycles. The average molecular weight is 461 g/mol. The van der Waals surface area contributed by atoms with Crippen LogP contribution in [0.3, 0.4) is 0 Å². The van der Waals surface area contributed by atoms with Crippen LogP contribution in [0.25, 0.3) is 0 Å². The van der Waals surface area contributed by atoms with Gasteiger partial charge in [0.25, 0.3) is 5.91 Å². The van der Waals surface area contributed by atoms with Gasteiger partial charge in [-0.05, 0) is 55.0 Å². The minimum absolute atomic E-state index is 0.207. The Balaban J connectivity index is 1.55. The minimum atomic E-state index is -3.60. The number of nitrogens with one attached hydrogen (secondary N) is 2. The lowest BCUT2D eigenvalue weighted by atomic mass is 9.98. The third-order valence-electron chi connectivity index (χ3n) is 5.79. The van der Waals surface area contributed by atoms with Gasteiger partial charge in [-0.2, -0.15) is 0 Å². The van der Waals surface area contributed by atoms with Crippen LogP contribution >= 0.6 is 0 Å². The van der Waals surface area contributed by atoms with Gasteiger partial charge >= 0.3 is 0 Å². The van der Waals surface area contributed by atoms with Crippen LogP contribution in [0, 0.1) is 0 Å². The molecule has 0 aromatic heterocycles. The Hall–Kier alpha value is -3.38. The van der Waals surface area contributed by atoms with Crippen LogP contribution in [0.4, 0.5) is 5.69 Å². The molecule has 3 aromatic rings. The molecule has 5 nitrogen and oxygen atoms in total. The fraction of sp³-hybridized carbons (Fsp3) is 0.222. The van der Waals surface area contributed by atoms with E-state index >= 15 is 0 Å². The fourth-order valence-corrected chi connectivity index (χ4v) is 5.11. The van der Waals surface area contributed by atoms with E-state index < -0.39 is 15.9 Å². The average Bonchev–Trinajstić information content (AvgIpc) is 2.86. The van der Waals surface area contributed by atoms with E-state index in [-0.39, 0.29) is 10.8 Å². The number of amides is 1. The molecule has 2 N–H and O–H groups in total. The lowest BCUT2D eigenvalue weighted by molar-refractivity contribution is 0.0943. The molecule has 170 valence electrons. The molecule has 1 unspecified atom stereocenters. The molecule has 0 spiro atoms. The number of para-hydroxylation sites is 1. The zero-order chi connectivity index (χ0) is 23.1. The Morgan fingerprint density at radius 3 is 2.45 bits per heavy atom. The smallest absolute Gasteiger partial charge is 0.253 e. The van der Waals surface area contributed by atoms with Crippen molar-refractivity contribution in [3.05, 3.63) is 107 Å². The highest BCUT2D eigenvalue weighted by Gasteiger charge is 2.20. The number of hydrogen-bond donors (Lipinski definition) is 2. The number of benzene rings is 3. The number of hydrogen-bond acceptors (Lipinski definition) is 4. The van der Waals surface area contributed by atoms with E-state index in [1.165, 1.54) is 5.41 Å². The third kappa shape index (κ3) is 5.90. The largest absolute Gasteiger partial charge is 0.384 e. The molecule has 1 amide bonds. The van der Waals surface area contributed by atoms with Gasteiger partial charge in [-0.15, -0.1) is 0 Å². The summed E-state index contributed by atoms with van der Waals surface area (Å²) in [5.74, 6) is -0.207. The maximum atomic E-state index is 13.2. The highest BCUT2D eigenvalue weighted by atomic mass is 32.2. The number of carbonyl (C=O) groups is 1. The lowest BCUT2D eigenvalue weighted by Gasteiger charge is -2.22. The molecule has 6 heteroatoms. The molecule has 0 bridgehead atoms. The molecule has 33 heavy (non-hydrogen) atoms. The molecule has 0 saturated heterocycles. The second-order valence-electron chi connectivity index (χ2n) is 8.16. The van der Waals surface area contributed by atoms with E-state index in [9.17, 15) is 13.2 Å². The Bertz CT molecular complexity index is 1220. The van der Waals surface area contributed by atoms with Gasteiger partial charge in [0, 0.05) is 18.0 Å². The predicted octanol–water partition coefficient (Wildman–Crippen LogP) is 4.76. The number of fused-ring (bicyclic) bond motifs is 1. The Labute approximate surface area is 195 Å². The molecule has 0 fully saturated rings. The highest BCUT2D eigenvalue weighted by Crippen LogP contribution is 2.26. The second kappa shape index (κ2) is 10.5. The molecule has 0 aliphatic carbocycles. The molecule has 4 rings (SSSR count). The van der Waals surface area contributed by atoms with E-state index in [4.69, 9.17) is 0 Å². The van der Waals surface area contributed by atoms with E-state index in [2.05, 4.69) is 10.6 Å². The van der Waals surface area contributed by atoms with Crippen LogP contribution in [0.15, 0.2) is 95.2 Å². The SMILES string of the molecule is O=C(NC(C=CS(=O)(=O)c1ccccc1)CCc1ccccc1)c1cccc2c1NCCC2. The fourth-order valence-electron chi connectivity index (χ4n) is 4.02. The maximum absolute atomic E-state index is 13.2. The summed E-state index contributed by atoms with van der Waals surface area (Å²) >= 11 is 0. The van der Waals surface area contributed by atoms with Gasteiger partial charge in [-0.25, -0.2) is 8.42 Å². The number of carbonyl (C=O) groups excluding carboxylic acids is 1. The summed E-state index contributed by atoms with van der Waals surface area (Å²) < 4.78 is 25.5. The van der Waals surface area contributed by atoms with Gasteiger partial charge in [0.2, 0.25) is 0 Å². The quantitative estimate of drug-likeness (QED) is 0.508. The monoisotopic (exact) mass is 460 g/mol. The summed E-state index contributed by atoms with van der Waals surface area (Å²) in [6, 6.07) is 23.6. The van der Waals surface area contributed by atoms with Crippen molar-refractivity contribution < 1.29 is 13.2 Å². The van der Waals surface area contributed by atoms with Crippen molar-refractivity contribution in [3.63, 3.8) is 0 Å². The standard InChI is InChI=1S/C27H28N2O3S/c30-27(25-15-7-11-22-12-8-19-28-26(22)25)29-23(17-16-21-9-3-1-4-10-21)18-20-33(31,32)24-13-5-2-6-14-24/h1-7,9-11,13-15,18,20,23,28H,8,12,16-17,19H2,(H,29,30). The number of rotatable bonds is 8. The second-order valence-corrected chi connectivity index (χ2v) is 9.99. The summed E-state index contributed by atoms with van der Waals surface area (Å²) in [6.07, 6.45) is 4.87. The van der Waals surface area contributed by atoms with Gasteiger partial charge in [-0.3, -0.25) is 4.79 Å². The van der Waals surface area contributed by atoms with Crippen molar-refractivity contribution in [1.82, 2.24) is 5.32 Å². The molecule has 1 aliphatic heterocycles. The van der Waals surface area contributed by atoms with Crippen LogP contribution in [-0.4, -0.2) is 26.9 Å². The lowest BCUT2D eigenvalue weighted by Crippen LogP contribution is -2.35. The van der Waals surface area contributed by atoms with Crippen molar-refractivity contribution >= 4 is 21.4 Å². The first-order chi connectivity index (χ1) is 16.0. The van der Waals surface area contributed by atoms with Crippen LogP contribution in [-0.2, 0) is 22.7 Å². The van der Waals surface area contributed by atoms with Crippen LogP contribution in [0.5, 0.6) is 0 Å². The minimum Gasteiger partial charge on any atom is -0.384 e. The van der Waals surface area contributed by atoms with Crippen molar-refractivity contribution in [1.29, 1.82) is 0 Å². The third-order valence-corrected chi connectivity index (χ3v) is 7.23. The van der Waals surface area contributed by atoms with Crippen molar-refractivity contribution in [3.8, 4) is 0 Å². The Kier molecular flexibility index (Phi) is 7.25. The molecule has 0 saturated carbocycles. The summed E-state index contributed by atoms with van der Waals surface area (Å²) in [5.41, 5.74) is 3.74. The van der Waals surface area contributed by atoms with E-state index in [0.717, 1.165) is 36.2 Å². The summed E-state index contributed by atoms with van der Waals surface area (Å²) in [7, 11) is -3.60.